The molecule has 0 amide bonds. The van der Waals surface area contributed by atoms with Crippen LogP contribution in [-0.4, -0.2) is 10.9 Å². The monoisotopic (exact) mass is 192 g/mol. The molecule has 2 nitrogen and oxygen atoms in total. The molecule has 1 unspecified atom stereocenters. The van der Waals surface area contributed by atoms with E-state index in [0.29, 0.717) is 5.92 Å². The molecular formula is C12H16O2. The summed E-state index contributed by atoms with van der Waals surface area (Å²) in [5, 5.41) is 9.68. The van der Waals surface area contributed by atoms with E-state index in [1.807, 2.05) is 0 Å². The van der Waals surface area contributed by atoms with Gasteiger partial charge in [-0.05, 0) is 30.9 Å². The summed E-state index contributed by atoms with van der Waals surface area (Å²) in [6.07, 6.45) is 10.7. The molecule has 0 spiro atoms. The lowest BCUT2D eigenvalue weighted by atomic mass is 9.76. The number of allylic oxidation sites excluding steroid dienone is 4. The Hall–Kier alpha value is -1.05. The number of ketones is 1. The van der Waals surface area contributed by atoms with Crippen molar-refractivity contribution < 1.29 is 9.90 Å². The summed E-state index contributed by atoms with van der Waals surface area (Å²) in [5.41, 5.74) is 0. The molecule has 1 atom stereocenters. The molecule has 2 rings (SSSR count). The fourth-order valence-corrected chi connectivity index (χ4v) is 2.54. The lowest BCUT2D eigenvalue weighted by Gasteiger charge is -2.29. The van der Waals surface area contributed by atoms with Gasteiger partial charge in [-0.25, -0.2) is 0 Å². The van der Waals surface area contributed by atoms with E-state index in [2.05, 4.69) is 0 Å². The SMILES string of the molecule is O=C1C=CC=C(O)C1C1CCCCC1. The highest BCUT2D eigenvalue weighted by Crippen LogP contribution is 2.34. The number of aliphatic hydroxyl groups is 1. The first kappa shape index (κ1) is 9.50. The first-order chi connectivity index (χ1) is 6.79. The molecule has 14 heavy (non-hydrogen) atoms. The predicted molar refractivity (Wildman–Crippen MR) is 54.9 cm³/mol. The van der Waals surface area contributed by atoms with Crippen molar-refractivity contribution in [2.45, 2.75) is 32.1 Å². The van der Waals surface area contributed by atoms with Crippen molar-refractivity contribution >= 4 is 5.78 Å². The first-order valence-corrected chi connectivity index (χ1v) is 5.40. The van der Waals surface area contributed by atoms with Crippen LogP contribution in [0.3, 0.4) is 0 Å². The minimum Gasteiger partial charge on any atom is -0.512 e. The number of hydrogen-bond acceptors (Lipinski definition) is 2. The fourth-order valence-electron chi connectivity index (χ4n) is 2.54. The van der Waals surface area contributed by atoms with E-state index >= 15 is 0 Å². The van der Waals surface area contributed by atoms with Gasteiger partial charge in [0.05, 0.1) is 5.92 Å². The molecule has 1 N–H and O–H groups in total. The van der Waals surface area contributed by atoms with Crippen molar-refractivity contribution in [2.75, 3.05) is 0 Å². The van der Waals surface area contributed by atoms with Gasteiger partial charge in [0.1, 0.15) is 5.76 Å². The number of carbonyl (C=O) groups excluding carboxylic acids is 1. The van der Waals surface area contributed by atoms with Gasteiger partial charge in [0.2, 0.25) is 0 Å². The normalized spacial score (nSPS) is 29.0. The van der Waals surface area contributed by atoms with Gasteiger partial charge >= 0.3 is 0 Å². The highest BCUT2D eigenvalue weighted by atomic mass is 16.3. The van der Waals surface area contributed by atoms with Crippen LogP contribution in [0.15, 0.2) is 24.0 Å². The number of rotatable bonds is 1. The Kier molecular flexibility index (Phi) is 2.71. The first-order valence-electron chi connectivity index (χ1n) is 5.40. The topological polar surface area (TPSA) is 37.3 Å². The molecule has 2 heteroatoms. The Labute approximate surface area is 84.3 Å². The van der Waals surface area contributed by atoms with Crippen molar-refractivity contribution in [3.63, 3.8) is 0 Å². The number of carbonyl (C=O) groups is 1. The Balaban J connectivity index is 2.11. The summed E-state index contributed by atoms with van der Waals surface area (Å²) in [4.78, 5) is 11.6. The van der Waals surface area contributed by atoms with Crippen LogP contribution < -0.4 is 0 Å². The maximum absolute atomic E-state index is 11.6. The van der Waals surface area contributed by atoms with Crippen LogP contribution in [0.5, 0.6) is 0 Å². The smallest absolute Gasteiger partial charge is 0.166 e. The summed E-state index contributed by atoms with van der Waals surface area (Å²) in [7, 11) is 0. The van der Waals surface area contributed by atoms with Crippen LogP contribution >= 0.6 is 0 Å². The molecule has 0 radical (unpaired) electrons. The molecule has 1 saturated carbocycles. The van der Waals surface area contributed by atoms with Gasteiger partial charge in [0.25, 0.3) is 0 Å². The summed E-state index contributed by atoms with van der Waals surface area (Å²) >= 11 is 0. The lowest BCUT2D eigenvalue weighted by molar-refractivity contribution is -0.120. The Bertz CT molecular complexity index is 283. The zero-order valence-corrected chi connectivity index (χ0v) is 8.28. The van der Waals surface area contributed by atoms with E-state index < -0.39 is 0 Å². The van der Waals surface area contributed by atoms with Crippen LogP contribution in [0.4, 0.5) is 0 Å². The number of aliphatic hydroxyl groups excluding tert-OH is 1. The van der Waals surface area contributed by atoms with Gasteiger partial charge in [0.15, 0.2) is 5.78 Å². The minimum absolute atomic E-state index is 0.0805. The maximum Gasteiger partial charge on any atom is 0.166 e. The second kappa shape index (κ2) is 3.99. The van der Waals surface area contributed by atoms with Gasteiger partial charge < -0.3 is 5.11 Å². The predicted octanol–water partition coefficient (Wildman–Crippen LogP) is 2.76. The molecule has 0 aromatic heterocycles. The van der Waals surface area contributed by atoms with Gasteiger partial charge in [-0.2, -0.15) is 0 Å². The van der Waals surface area contributed by atoms with E-state index in [4.69, 9.17) is 0 Å². The molecule has 2 aliphatic carbocycles. The van der Waals surface area contributed by atoms with Gasteiger partial charge in [0, 0.05) is 0 Å². The van der Waals surface area contributed by atoms with Crippen LogP contribution in [0.1, 0.15) is 32.1 Å². The van der Waals surface area contributed by atoms with Crippen LogP contribution in [0.25, 0.3) is 0 Å². The van der Waals surface area contributed by atoms with E-state index in [0.717, 1.165) is 12.8 Å². The molecule has 0 bridgehead atoms. The molecule has 0 heterocycles. The standard InChI is InChI=1S/C12H16O2/c13-10-7-4-8-11(14)12(10)9-5-2-1-3-6-9/h4,7-9,12-13H,1-3,5-6H2. The quantitative estimate of drug-likeness (QED) is 0.693. The largest absolute Gasteiger partial charge is 0.512 e. The summed E-state index contributed by atoms with van der Waals surface area (Å²) in [6, 6.07) is 0. The van der Waals surface area contributed by atoms with Crippen molar-refractivity contribution in [1.82, 2.24) is 0 Å². The highest BCUT2D eigenvalue weighted by molar-refractivity contribution is 5.95. The average molecular weight is 192 g/mol. The van der Waals surface area contributed by atoms with Gasteiger partial charge in [-0.1, -0.05) is 25.3 Å². The molecule has 0 saturated heterocycles. The minimum atomic E-state index is -0.236. The van der Waals surface area contributed by atoms with Crippen molar-refractivity contribution in [3.8, 4) is 0 Å². The third-order valence-corrected chi connectivity index (χ3v) is 3.27. The third kappa shape index (κ3) is 1.74. The van der Waals surface area contributed by atoms with E-state index in [1.165, 1.54) is 19.3 Å². The maximum atomic E-state index is 11.6. The molecule has 2 aliphatic rings. The summed E-state index contributed by atoms with van der Waals surface area (Å²) in [5.74, 6) is 0.485. The summed E-state index contributed by atoms with van der Waals surface area (Å²) in [6.45, 7) is 0. The van der Waals surface area contributed by atoms with Crippen molar-refractivity contribution in [1.29, 1.82) is 0 Å². The molecule has 0 aliphatic heterocycles. The van der Waals surface area contributed by atoms with Crippen LogP contribution in [0.2, 0.25) is 0 Å². The van der Waals surface area contributed by atoms with Gasteiger partial charge in [-0.15, -0.1) is 0 Å². The van der Waals surface area contributed by atoms with Crippen molar-refractivity contribution in [2.24, 2.45) is 11.8 Å². The second-order valence-electron chi connectivity index (χ2n) is 4.23. The fraction of sp³-hybridized carbons (Fsp3) is 0.583. The average Bonchev–Trinajstić information content (AvgIpc) is 2.19. The highest BCUT2D eigenvalue weighted by Gasteiger charge is 2.32. The van der Waals surface area contributed by atoms with E-state index in [9.17, 15) is 9.90 Å². The van der Waals surface area contributed by atoms with E-state index in [1.54, 1.807) is 18.2 Å². The molecule has 1 fully saturated rings. The Morgan fingerprint density at radius 1 is 1.21 bits per heavy atom. The zero-order chi connectivity index (χ0) is 9.97. The lowest BCUT2D eigenvalue weighted by Crippen LogP contribution is -2.27. The zero-order valence-electron chi connectivity index (χ0n) is 8.28. The van der Waals surface area contributed by atoms with E-state index in [-0.39, 0.29) is 17.5 Å². The second-order valence-corrected chi connectivity index (χ2v) is 4.23. The van der Waals surface area contributed by atoms with Crippen LogP contribution in [0, 0.1) is 11.8 Å². The summed E-state index contributed by atoms with van der Waals surface area (Å²) < 4.78 is 0. The van der Waals surface area contributed by atoms with Crippen molar-refractivity contribution in [3.05, 3.63) is 24.0 Å². The number of hydrogen-bond donors (Lipinski definition) is 1. The molecular weight excluding hydrogens is 176 g/mol. The molecule has 0 aromatic rings. The van der Waals surface area contributed by atoms with Gasteiger partial charge in [-0.3, -0.25) is 4.79 Å². The Morgan fingerprint density at radius 2 is 1.93 bits per heavy atom. The third-order valence-electron chi connectivity index (χ3n) is 3.27. The Morgan fingerprint density at radius 3 is 2.57 bits per heavy atom. The van der Waals surface area contributed by atoms with Crippen LogP contribution in [-0.2, 0) is 4.79 Å². The molecule has 76 valence electrons. The molecule has 0 aromatic carbocycles.